The van der Waals surface area contributed by atoms with Gasteiger partial charge in [0.15, 0.2) is 6.29 Å². The van der Waals surface area contributed by atoms with E-state index in [9.17, 15) is 31.9 Å². The first-order valence-electron chi connectivity index (χ1n) is 12.2. The number of nitrogens with zero attached hydrogens (tertiary/aromatic N) is 2. The van der Waals surface area contributed by atoms with Gasteiger partial charge in [0.2, 0.25) is 0 Å². The molecule has 7 nitrogen and oxygen atoms in total. The Hall–Kier alpha value is -4.80. The highest BCUT2D eigenvalue weighted by atomic mass is 19.4. The summed E-state index contributed by atoms with van der Waals surface area (Å²) in [6, 6.07) is 15.9. The molecule has 1 aliphatic rings. The number of amides is 2. The number of rotatable bonds is 6. The van der Waals surface area contributed by atoms with Crippen LogP contribution in [0.25, 0.3) is 0 Å². The van der Waals surface area contributed by atoms with Gasteiger partial charge < -0.3 is 11.1 Å². The van der Waals surface area contributed by atoms with Crippen LogP contribution in [0.3, 0.4) is 0 Å². The summed E-state index contributed by atoms with van der Waals surface area (Å²) in [6.45, 7) is 1.71. The number of nitrogens with two attached hydrogens (primary N) is 1. The molecule has 0 spiro atoms. The highest BCUT2D eigenvalue weighted by Gasteiger charge is 2.46. The van der Waals surface area contributed by atoms with Gasteiger partial charge in [-0.25, -0.2) is 9.38 Å². The number of likely N-dealkylation sites (tertiary alicyclic amines) is 1. The Morgan fingerprint density at radius 2 is 1.73 bits per heavy atom. The number of aldehydes is 1. The van der Waals surface area contributed by atoms with Crippen molar-refractivity contribution in [2.75, 3.05) is 6.54 Å². The van der Waals surface area contributed by atoms with E-state index < -0.39 is 41.3 Å². The van der Waals surface area contributed by atoms with Crippen LogP contribution in [0, 0.1) is 5.82 Å². The van der Waals surface area contributed by atoms with Crippen LogP contribution in [0.4, 0.5) is 23.2 Å². The molecule has 3 aromatic carbocycles. The van der Waals surface area contributed by atoms with Crippen molar-refractivity contribution in [2.24, 2.45) is 10.7 Å². The van der Waals surface area contributed by atoms with Gasteiger partial charge in [-0.3, -0.25) is 19.3 Å². The number of carbonyl (C=O) groups is 3. The minimum absolute atomic E-state index is 0.0576. The minimum atomic E-state index is -4.69. The van der Waals surface area contributed by atoms with Crippen molar-refractivity contribution in [3.05, 3.63) is 113 Å². The van der Waals surface area contributed by atoms with Crippen LogP contribution in [-0.4, -0.2) is 41.4 Å². The van der Waals surface area contributed by atoms with E-state index in [-0.39, 0.29) is 29.2 Å². The van der Waals surface area contributed by atoms with Crippen LogP contribution in [0.15, 0.2) is 95.1 Å². The number of hydrogen-bond donors (Lipinski definition) is 2. The lowest BCUT2D eigenvalue weighted by Crippen LogP contribution is -2.59. The largest absolute Gasteiger partial charge is 0.416 e. The minimum Gasteiger partial charge on any atom is -0.396 e. The van der Waals surface area contributed by atoms with E-state index in [1.807, 2.05) is 0 Å². The first-order chi connectivity index (χ1) is 19.0. The zero-order valence-corrected chi connectivity index (χ0v) is 21.2. The van der Waals surface area contributed by atoms with E-state index in [2.05, 4.69) is 10.3 Å². The summed E-state index contributed by atoms with van der Waals surface area (Å²) < 4.78 is 53.7. The average Bonchev–Trinajstić information content (AvgIpc) is 2.94. The number of hydrogen-bond acceptors (Lipinski definition) is 5. The molecule has 4 rings (SSSR count). The molecule has 1 saturated heterocycles. The molecule has 1 heterocycles. The van der Waals surface area contributed by atoms with Crippen LogP contribution < -0.4 is 11.1 Å². The second-order valence-corrected chi connectivity index (χ2v) is 8.90. The normalized spacial score (nSPS) is 19.9. The van der Waals surface area contributed by atoms with Crippen LogP contribution in [0.5, 0.6) is 0 Å². The predicted octanol–water partition coefficient (Wildman–Crippen LogP) is 4.73. The van der Waals surface area contributed by atoms with E-state index in [0.717, 1.165) is 24.3 Å². The summed E-state index contributed by atoms with van der Waals surface area (Å²) in [4.78, 5) is 44.9. The molecule has 0 aromatic heterocycles. The monoisotopic (exact) mass is 552 g/mol. The van der Waals surface area contributed by atoms with Crippen molar-refractivity contribution in [1.29, 1.82) is 0 Å². The number of alkyl halides is 3. The van der Waals surface area contributed by atoms with Crippen LogP contribution in [0.2, 0.25) is 0 Å². The second-order valence-electron chi connectivity index (χ2n) is 8.90. The van der Waals surface area contributed by atoms with Crippen LogP contribution in [-0.2, 0) is 15.8 Å². The number of amidine groups is 1. The van der Waals surface area contributed by atoms with Crippen molar-refractivity contribution in [2.45, 2.75) is 25.1 Å². The molecular weight excluding hydrogens is 528 g/mol. The van der Waals surface area contributed by atoms with Crippen LogP contribution in [0.1, 0.15) is 34.3 Å². The molecule has 1 aliphatic heterocycles. The molecule has 2 amide bonds. The smallest absolute Gasteiger partial charge is 0.396 e. The third-order valence-electron chi connectivity index (χ3n) is 6.39. The summed E-state index contributed by atoms with van der Waals surface area (Å²) >= 11 is 0. The van der Waals surface area contributed by atoms with Gasteiger partial charge in [-0.05, 0) is 55.0 Å². The highest BCUT2D eigenvalue weighted by molar-refractivity contribution is 6.17. The number of piperidine rings is 1. The fourth-order valence-corrected chi connectivity index (χ4v) is 4.52. The van der Waals surface area contributed by atoms with Gasteiger partial charge in [0.05, 0.1) is 16.9 Å². The van der Waals surface area contributed by atoms with E-state index in [1.165, 1.54) is 23.1 Å². The van der Waals surface area contributed by atoms with Gasteiger partial charge >= 0.3 is 6.18 Å². The van der Waals surface area contributed by atoms with Gasteiger partial charge in [0, 0.05) is 23.6 Å². The fraction of sp³-hybridized carbons (Fsp3) is 0.172. The SMILES string of the molecule is CCN1C(=O)C(NC(=O)c2cccc(C(F)(F)F)c2)C(c2ccc(F)cc2)/C(=C(/N)C=O)C1=Nc1ccccc1. The molecule has 0 saturated carbocycles. The number of likely N-dealkylation sites (N-methyl/N-ethyl adjacent to an activating group) is 1. The van der Waals surface area contributed by atoms with E-state index in [4.69, 9.17) is 5.73 Å². The number of carbonyl (C=O) groups excluding carboxylic acids is 3. The van der Waals surface area contributed by atoms with Crippen molar-refractivity contribution in [3.63, 3.8) is 0 Å². The quantitative estimate of drug-likeness (QED) is 0.262. The zero-order chi connectivity index (χ0) is 29.0. The number of aliphatic imine (C=N–C) groups is 1. The Kier molecular flexibility index (Phi) is 8.13. The number of benzene rings is 3. The number of para-hydroxylation sites is 1. The topological polar surface area (TPSA) is 105 Å². The highest BCUT2D eigenvalue weighted by Crippen LogP contribution is 2.37. The molecule has 2 atom stereocenters. The van der Waals surface area contributed by atoms with Crippen molar-refractivity contribution >= 4 is 29.6 Å². The Labute approximate surface area is 227 Å². The van der Waals surface area contributed by atoms with Gasteiger partial charge in [0.25, 0.3) is 11.8 Å². The van der Waals surface area contributed by atoms with Gasteiger partial charge in [-0.2, -0.15) is 13.2 Å². The molecule has 11 heteroatoms. The first-order valence-corrected chi connectivity index (χ1v) is 12.2. The van der Waals surface area contributed by atoms with E-state index >= 15 is 0 Å². The van der Waals surface area contributed by atoms with Gasteiger partial charge in [-0.1, -0.05) is 36.4 Å². The van der Waals surface area contributed by atoms with Gasteiger partial charge in [0.1, 0.15) is 17.7 Å². The standard InChI is InChI=1S/C29H24F4N4O3/c1-2-37-26(35-21-9-4-3-5-10-21)24(22(34)16-38)23(17-11-13-20(30)14-12-17)25(28(37)40)36-27(39)18-7-6-8-19(15-18)29(31,32)33/h3-16,23,25H,2,34H2,1H3,(H,36,39)/b24-22-,35-26?. The second kappa shape index (κ2) is 11.5. The summed E-state index contributed by atoms with van der Waals surface area (Å²) in [5, 5.41) is 2.53. The van der Waals surface area contributed by atoms with E-state index in [1.54, 1.807) is 37.3 Å². The fourth-order valence-electron chi connectivity index (χ4n) is 4.52. The lowest BCUT2D eigenvalue weighted by Gasteiger charge is -2.41. The average molecular weight is 553 g/mol. The first kappa shape index (κ1) is 28.2. The van der Waals surface area contributed by atoms with E-state index in [0.29, 0.717) is 23.6 Å². The summed E-state index contributed by atoms with van der Waals surface area (Å²) in [5.41, 5.74) is 5.38. The van der Waals surface area contributed by atoms with Crippen LogP contribution >= 0.6 is 0 Å². The van der Waals surface area contributed by atoms with Crippen molar-refractivity contribution in [3.8, 4) is 0 Å². The molecule has 3 aromatic rings. The summed E-state index contributed by atoms with van der Waals surface area (Å²) in [7, 11) is 0. The zero-order valence-electron chi connectivity index (χ0n) is 21.2. The molecule has 40 heavy (non-hydrogen) atoms. The summed E-state index contributed by atoms with van der Waals surface area (Å²) in [6.07, 6.45) is -4.31. The molecule has 0 bridgehead atoms. The van der Waals surface area contributed by atoms with Gasteiger partial charge in [-0.15, -0.1) is 0 Å². The third-order valence-corrected chi connectivity index (χ3v) is 6.39. The molecule has 0 radical (unpaired) electrons. The maximum Gasteiger partial charge on any atom is 0.416 e. The number of nitrogens with one attached hydrogen (secondary N) is 1. The molecule has 2 unspecified atom stereocenters. The maximum atomic E-state index is 13.9. The Balaban J connectivity index is 1.89. The molecule has 1 fully saturated rings. The van der Waals surface area contributed by atoms with Crippen molar-refractivity contribution in [1.82, 2.24) is 10.2 Å². The third kappa shape index (κ3) is 5.78. The van der Waals surface area contributed by atoms with Crippen molar-refractivity contribution < 1.29 is 31.9 Å². The molecule has 0 aliphatic carbocycles. The lowest BCUT2D eigenvalue weighted by atomic mass is 9.78. The Morgan fingerprint density at radius 3 is 2.33 bits per heavy atom. The predicted molar refractivity (Wildman–Crippen MR) is 140 cm³/mol. The maximum absolute atomic E-state index is 13.9. The Morgan fingerprint density at radius 1 is 1.05 bits per heavy atom. The number of allylic oxidation sites excluding steroid dienone is 1. The number of halogens is 4. The molecular formula is C29H24F4N4O3. The lowest BCUT2D eigenvalue weighted by molar-refractivity contribution is -0.137. The molecule has 3 N–H and O–H groups in total. The Bertz CT molecular complexity index is 1490. The summed E-state index contributed by atoms with van der Waals surface area (Å²) in [5.74, 6) is -3.24. The molecule has 206 valence electrons.